The number of carbonyl (C=O) groups excluding carboxylic acids is 1. The van der Waals surface area contributed by atoms with Crippen LogP contribution in [-0.4, -0.2) is 37.1 Å². The molecule has 3 rings (SSSR count). The Morgan fingerprint density at radius 3 is 2.80 bits per heavy atom. The zero-order chi connectivity index (χ0) is 13.9. The van der Waals surface area contributed by atoms with E-state index in [0.29, 0.717) is 6.04 Å². The molecule has 20 heavy (non-hydrogen) atoms. The average molecular weight is 269 g/mol. The van der Waals surface area contributed by atoms with Crippen molar-refractivity contribution in [2.75, 3.05) is 25.5 Å². The fraction of sp³-hybridized carbons (Fsp3) is 0.312. The van der Waals surface area contributed by atoms with Crippen LogP contribution in [0.2, 0.25) is 0 Å². The Hall–Kier alpha value is -2.07. The summed E-state index contributed by atoms with van der Waals surface area (Å²) in [5.74, 6) is 0. The molecule has 0 spiro atoms. The molecule has 1 aliphatic rings. The number of urea groups is 1. The van der Waals surface area contributed by atoms with Gasteiger partial charge in [0.25, 0.3) is 0 Å². The molecule has 2 aromatic carbocycles. The number of fused-ring (bicyclic) bond motifs is 1. The highest BCUT2D eigenvalue weighted by Gasteiger charge is 2.25. The predicted octanol–water partition coefficient (Wildman–Crippen LogP) is 2.67. The molecule has 2 amide bonds. The summed E-state index contributed by atoms with van der Waals surface area (Å²) in [7, 11) is 1.94. The SMILES string of the molecule is CNC1CCN(C(=O)Nc2cccc3ccccc23)C1. The first-order chi connectivity index (χ1) is 9.78. The highest BCUT2D eigenvalue weighted by atomic mass is 16.2. The van der Waals surface area contributed by atoms with Crippen LogP contribution in [0.1, 0.15) is 6.42 Å². The third kappa shape index (κ3) is 2.47. The van der Waals surface area contributed by atoms with Gasteiger partial charge in [0.05, 0.1) is 5.69 Å². The Bertz CT molecular complexity index is 621. The van der Waals surface area contributed by atoms with Gasteiger partial charge in [0.15, 0.2) is 0 Å². The van der Waals surface area contributed by atoms with Gasteiger partial charge in [0.2, 0.25) is 0 Å². The largest absolute Gasteiger partial charge is 0.323 e. The lowest BCUT2D eigenvalue weighted by atomic mass is 10.1. The average Bonchev–Trinajstić information content (AvgIpc) is 2.97. The number of benzene rings is 2. The quantitative estimate of drug-likeness (QED) is 0.880. The zero-order valence-corrected chi connectivity index (χ0v) is 11.6. The number of nitrogens with zero attached hydrogens (tertiary/aromatic N) is 1. The molecule has 0 saturated carbocycles. The monoisotopic (exact) mass is 269 g/mol. The number of anilines is 1. The van der Waals surface area contributed by atoms with Gasteiger partial charge in [-0.3, -0.25) is 0 Å². The molecular weight excluding hydrogens is 250 g/mol. The Morgan fingerprint density at radius 1 is 1.20 bits per heavy atom. The Morgan fingerprint density at radius 2 is 2.00 bits per heavy atom. The Labute approximate surface area is 118 Å². The van der Waals surface area contributed by atoms with E-state index in [-0.39, 0.29) is 6.03 Å². The number of nitrogens with one attached hydrogen (secondary N) is 2. The fourth-order valence-electron chi connectivity index (χ4n) is 2.71. The van der Waals surface area contributed by atoms with Crippen molar-refractivity contribution >= 4 is 22.5 Å². The summed E-state index contributed by atoms with van der Waals surface area (Å²) in [6.45, 7) is 1.58. The number of likely N-dealkylation sites (N-methyl/N-ethyl adjacent to an activating group) is 1. The second-order valence-electron chi connectivity index (χ2n) is 5.18. The van der Waals surface area contributed by atoms with Crippen molar-refractivity contribution < 1.29 is 4.79 Å². The van der Waals surface area contributed by atoms with Crippen molar-refractivity contribution in [2.24, 2.45) is 0 Å². The molecular formula is C16H19N3O. The van der Waals surface area contributed by atoms with Gasteiger partial charge in [-0.15, -0.1) is 0 Å². The number of amides is 2. The summed E-state index contributed by atoms with van der Waals surface area (Å²) >= 11 is 0. The van der Waals surface area contributed by atoms with Gasteiger partial charge in [-0.25, -0.2) is 4.79 Å². The fourth-order valence-corrected chi connectivity index (χ4v) is 2.71. The third-order valence-electron chi connectivity index (χ3n) is 3.91. The van der Waals surface area contributed by atoms with E-state index < -0.39 is 0 Å². The third-order valence-corrected chi connectivity index (χ3v) is 3.91. The minimum atomic E-state index is -0.0147. The summed E-state index contributed by atoms with van der Waals surface area (Å²) < 4.78 is 0. The van der Waals surface area contributed by atoms with E-state index in [2.05, 4.69) is 22.8 Å². The van der Waals surface area contributed by atoms with Crippen LogP contribution in [0.5, 0.6) is 0 Å². The molecule has 0 radical (unpaired) electrons. The lowest BCUT2D eigenvalue weighted by molar-refractivity contribution is 0.221. The van der Waals surface area contributed by atoms with E-state index in [0.717, 1.165) is 36.0 Å². The van der Waals surface area contributed by atoms with Gasteiger partial charge in [-0.1, -0.05) is 36.4 Å². The maximum Gasteiger partial charge on any atom is 0.321 e. The van der Waals surface area contributed by atoms with Crippen LogP contribution < -0.4 is 10.6 Å². The van der Waals surface area contributed by atoms with Crippen LogP contribution in [0.25, 0.3) is 10.8 Å². The molecule has 1 saturated heterocycles. The topological polar surface area (TPSA) is 44.4 Å². The number of carbonyl (C=O) groups is 1. The minimum absolute atomic E-state index is 0.0147. The Balaban J connectivity index is 1.78. The van der Waals surface area contributed by atoms with E-state index in [1.807, 2.05) is 42.3 Å². The van der Waals surface area contributed by atoms with Crippen LogP contribution in [-0.2, 0) is 0 Å². The van der Waals surface area contributed by atoms with Crippen LogP contribution in [0.4, 0.5) is 10.5 Å². The van der Waals surface area contributed by atoms with Gasteiger partial charge >= 0.3 is 6.03 Å². The van der Waals surface area contributed by atoms with Gasteiger partial charge in [0.1, 0.15) is 0 Å². The lowest BCUT2D eigenvalue weighted by Gasteiger charge is -2.18. The van der Waals surface area contributed by atoms with Gasteiger partial charge in [-0.05, 0) is 24.9 Å². The van der Waals surface area contributed by atoms with Crippen molar-refractivity contribution in [3.05, 3.63) is 42.5 Å². The van der Waals surface area contributed by atoms with E-state index in [1.165, 1.54) is 0 Å². The molecule has 1 atom stereocenters. The van der Waals surface area contributed by atoms with Crippen molar-refractivity contribution in [3.8, 4) is 0 Å². The zero-order valence-electron chi connectivity index (χ0n) is 11.6. The normalized spacial score (nSPS) is 18.4. The molecule has 2 N–H and O–H groups in total. The smallest absolute Gasteiger partial charge is 0.321 e. The number of rotatable bonds is 2. The number of hydrogen-bond donors (Lipinski definition) is 2. The molecule has 0 bridgehead atoms. The van der Waals surface area contributed by atoms with Crippen molar-refractivity contribution in [3.63, 3.8) is 0 Å². The molecule has 104 valence electrons. The second-order valence-corrected chi connectivity index (χ2v) is 5.18. The molecule has 1 heterocycles. The first kappa shape index (κ1) is 12.9. The van der Waals surface area contributed by atoms with Gasteiger partial charge < -0.3 is 15.5 Å². The van der Waals surface area contributed by atoms with Crippen molar-refractivity contribution in [2.45, 2.75) is 12.5 Å². The summed E-state index contributed by atoms with van der Waals surface area (Å²) in [6, 6.07) is 14.5. The molecule has 1 unspecified atom stereocenters. The van der Waals surface area contributed by atoms with Crippen molar-refractivity contribution in [1.82, 2.24) is 10.2 Å². The summed E-state index contributed by atoms with van der Waals surface area (Å²) in [4.78, 5) is 14.2. The summed E-state index contributed by atoms with van der Waals surface area (Å²) in [5, 5.41) is 8.47. The lowest BCUT2D eigenvalue weighted by Crippen LogP contribution is -2.36. The first-order valence-corrected chi connectivity index (χ1v) is 6.99. The number of hydrogen-bond acceptors (Lipinski definition) is 2. The predicted molar refractivity (Wildman–Crippen MR) is 82.0 cm³/mol. The maximum atomic E-state index is 12.3. The highest BCUT2D eigenvalue weighted by Crippen LogP contribution is 2.23. The molecule has 0 aromatic heterocycles. The van der Waals surface area contributed by atoms with E-state index in [4.69, 9.17) is 0 Å². The van der Waals surface area contributed by atoms with E-state index in [9.17, 15) is 4.79 Å². The van der Waals surface area contributed by atoms with E-state index in [1.54, 1.807) is 0 Å². The maximum absolute atomic E-state index is 12.3. The van der Waals surface area contributed by atoms with Crippen LogP contribution in [0.15, 0.2) is 42.5 Å². The Kier molecular flexibility index (Phi) is 3.56. The summed E-state index contributed by atoms with van der Waals surface area (Å²) in [6.07, 6.45) is 1.01. The second kappa shape index (κ2) is 5.51. The highest BCUT2D eigenvalue weighted by molar-refractivity contribution is 6.01. The molecule has 2 aromatic rings. The van der Waals surface area contributed by atoms with Crippen molar-refractivity contribution in [1.29, 1.82) is 0 Å². The minimum Gasteiger partial charge on any atom is -0.323 e. The van der Waals surface area contributed by atoms with E-state index >= 15 is 0 Å². The summed E-state index contributed by atoms with van der Waals surface area (Å²) in [5.41, 5.74) is 0.876. The standard InChI is InChI=1S/C16H19N3O/c1-17-13-9-10-19(11-13)16(20)18-15-8-4-6-12-5-2-3-7-14(12)15/h2-8,13,17H,9-11H2,1H3,(H,18,20). The molecule has 1 aliphatic heterocycles. The molecule has 4 nitrogen and oxygen atoms in total. The molecule has 1 fully saturated rings. The first-order valence-electron chi connectivity index (χ1n) is 6.99. The molecule has 4 heteroatoms. The van der Waals surface area contributed by atoms with Gasteiger partial charge in [0, 0.05) is 24.5 Å². The van der Waals surface area contributed by atoms with Gasteiger partial charge in [-0.2, -0.15) is 0 Å². The van der Waals surface area contributed by atoms with Crippen LogP contribution in [0, 0.1) is 0 Å². The number of likely N-dealkylation sites (tertiary alicyclic amines) is 1. The molecule has 0 aliphatic carbocycles. The van der Waals surface area contributed by atoms with Crippen LogP contribution in [0.3, 0.4) is 0 Å². The van der Waals surface area contributed by atoms with Crippen LogP contribution >= 0.6 is 0 Å².